The number of nitrogens with one attached hydrogen (secondary N) is 1. The number of hydrogen-bond donors (Lipinski definition) is 3. The van der Waals surface area contributed by atoms with Crippen molar-refractivity contribution in [3.63, 3.8) is 0 Å². The number of nitrogens with two attached hydrogens (primary N) is 1. The van der Waals surface area contributed by atoms with Crippen LogP contribution in [0.3, 0.4) is 0 Å². The molecule has 0 amide bonds. The molecule has 1 aliphatic rings. The normalized spacial score (nSPS) is 19.2. The molecule has 0 aromatic heterocycles. The van der Waals surface area contributed by atoms with Gasteiger partial charge >= 0.3 is 0 Å². The van der Waals surface area contributed by atoms with Crippen LogP contribution >= 0.6 is 0 Å². The smallest absolute Gasteiger partial charge is 0.146 e. The van der Waals surface area contributed by atoms with Crippen LogP contribution in [0.4, 0.5) is 10.1 Å². The molecule has 1 heterocycles. The van der Waals surface area contributed by atoms with Crippen molar-refractivity contribution in [1.82, 2.24) is 5.32 Å². The third kappa shape index (κ3) is 2.96. The number of nitrogen functional groups attached to an aromatic ring is 1. The van der Waals surface area contributed by atoms with Crippen LogP contribution in [0.25, 0.3) is 0 Å². The molecule has 1 aromatic carbocycles. The minimum absolute atomic E-state index is 0.0777. The lowest BCUT2D eigenvalue weighted by Crippen LogP contribution is -2.28. The first-order valence-electron chi connectivity index (χ1n) is 6.11. The fraction of sp³-hybridized carbons (Fsp3) is 0.538. The van der Waals surface area contributed by atoms with Crippen molar-refractivity contribution in [2.45, 2.75) is 25.4 Å². The van der Waals surface area contributed by atoms with Crippen LogP contribution in [0.5, 0.6) is 0 Å². The van der Waals surface area contributed by atoms with Gasteiger partial charge in [-0.1, -0.05) is 12.1 Å². The number of rotatable bonds is 3. The van der Waals surface area contributed by atoms with E-state index >= 15 is 0 Å². The van der Waals surface area contributed by atoms with E-state index in [9.17, 15) is 9.50 Å². The van der Waals surface area contributed by atoms with Crippen molar-refractivity contribution in [2.75, 3.05) is 18.8 Å². The van der Waals surface area contributed by atoms with Crippen molar-refractivity contribution in [2.24, 2.45) is 5.92 Å². The SMILES string of the molecule is Nc1c(F)cccc1C(O)CC1CCNCC1. The van der Waals surface area contributed by atoms with E-state index in [0.29, 0.717) is 17.9 Å². The summed E-state index contributed by atoms with van der Waals surface area (Å²) in [5, 5.41) is 13.4. The van der Waals surface area contributed by atoms with Gasteiger partial charge in [-0.15, -0.1) is 0 Å². The second-order valence-corrected chi connectivity index (χ2v) is 4.69. The highest BCUT2D eigenvalue weighted by Gasteiger charge is 2.20. The van der Waals surface area contributed by atoms with Gasteiger partial charge in [-0.05, 0) is 44.3 Å². The molecule has 17 heavy (non-hydrogen) atoms. The average Bonchev–Trinajstić information content (AvgIpc) is 2.34. The van der Waals surface area contributed by atoms with Crippen LogP contribution in [-0.2, 0) is 0 Å². The molecule has 4 N–H and O–H groups in total. The number of halogens is 1. The largest absolute Gasteiger partial charge is 0.396 e. The molecule has 1 saturated heterocycles. The predicted octanol–water partition coefficient (Wildman–Crippen LogP) is 1.83. The van der Waals surface area contributed by atoms with E-state index in [1.54, 1.807) is 12.1 Å². The summed E-state index contributed by atoms with van der Waals surface area (Å²) in [7, 11) is 0. The van der Waals surface area contributed by atoms with Gasteiger partial charge in [0.05, 0.1) is 11.8 Å². The lowest BCUT2D eigenvalue weighted by Gasteiger charge is -2.25. The third-order valence-electron chi connectivity index (χ3n) is 3.46. The lowest BCUT2D eigenvalue weighted by atomic mass is 9.89. The van der Waals surface area contributed by atoms with E-state index in [-0.39, 0.29) is 5.69 Å². The molecule has 0 bridgehead atoms. The Labute approximate surface area is 101 Å². The Bertz CT molecular complexity index is 378. The van der Waals surface area contributed by atoms with E-state index in [1.807, 2.05) is 0 Å². The van der Waals surface area contributed by atoms with E-state index < -0.39 is 11.9 Å². The van der Waals surface area contributed by atoms with Gasteiger partial charge in [0.1, 0.15) is 5.82 Å². The first-order chi connectivity index (χ1) is 8.18. The zero-order valence-corrected chi connectivity index (χ0v) is 9.82. The van der Waals surface area contributed by atoms with Gasteiger partial charge in [-0.25, -0.2) is 4.39 Å². The lowest BCUT2D eigenvalue weighted by molar-refractivity contribution is 0.134. The minimum Gasteiger partial charge on any atom is -0.396 e. The summed E-state index contributed by atoms with van der Waals surface area (Å²) in [5.74, 6) is 0.0424. The van der Waals surface area contributed by atoms with Crippen LogP contribution in [0.2, 0.25) is 0 Å². The predicted molar refractivity (Wildman–Crippen MR) is 66.0 cm³/mol. The van der Waals surface area contributed by atoms with Crippen molar-refractivity contribution in [1.29, 1.82) is 0 Å². The van der Waals surface area contributed by atoms with Gasteiger partial charge in [0.25, 0.3) is 0 Å². The summed E-state index contributed by atoms with van der Waals surface area (Å²) in [6.45, 7) is 1.99. The second kappa shape index (κ2) is 5.47. The molecule has 0 radical (unpaired) electrons. The number of anilines is 1. The van der Waals surface area contributed by atoms with Gasteiger partial charge in [-0.2, -0.15) is 0 Å². The van der Waals surface area contributed by atoms with Crippen LogP contribution in [0, 0.1) is 11.7 Å². The summed E-state index contributed by atoms with van der Waals surface area (Å²) >= 11 is 0. The fourth-order valence-electron chi connectivity index (χ4n) is 2.40. The topological polar surface area (TPSA) is 58.3 Å². The van der Waals surface area contributed by atoms with E-state index in [0.717, 1.165) is 25.9 Å². The molecule has 2 rings (SSSR count). The standard InChI is InChI=1S/C13H19FN2O/c14-11-3-1-2-10(13(11)15)12(17)8-9-4-6-16-7-5-9/h1-3,9,12,16-17H,4-8,15H2. The quantitative estimate of drug-likeness (QED) is 0.704. The van der Waals surface area contributed by atoms with E-state index in [4.69, 9.17) is 5.73 Å². The zero-order valence-electron chi connectivity index (χ0n) is 9.82. The molecular formula is C13H19FN2O. The Morgan fingerprint density at radius 1 is 1.41 bits per heavy atom. The van der Waals surface area contributed by atoms with Crippen molar-refractivity contribution in [3.05, 3.63) is 29.6 Å². The molecule has 1 unspecified atom stereocenters. The molecule has 94 valence electrons. The van der Waals surface area contributed by atoms with Crippen LogP contribution in [0.1, 0.15) is 30.9 Å². The van der Waals surface area contributed by atoms with Gasteiger partial charge in [0, 0.05) is 5.56 Å². The van der Waals surface area contributed by atoms with Crippen LogP contribution < -0.4 is 11.1 Å². The van der Waals surface area contributed by atoms with Crippen LogP contribution in [0.15, 0.2) is 18.2 Å². The van der Waals surface area contributed by atoms with Gasteiger partial charge in [0.15, 0.2) is 0 Å². The maximum atomic E-state index is 13.3. The zero-order chi connectivity index (χ0) is 12.3. The number of benzene rings is 1. The highest BCUT2D eigenvalue weighted by molar-refractivity contribution is 5.49. The van der Waals surface area contributed by atoms with Crippen molar-refractivity contribution >= 4 is 5.69 Å². The Balaban J connectivity index is 2.03. The first-order valence-corrected chi connectivity index (χ1v) is 6.11. The monoisotopic (exact) mass is 238 g/mol. The van der Waals surface area contributed by atoms with E-state index in [1.165, 1.54) is 6.07 Å². The molecule has 1 aliphatic heterocycles. The number of hydrogen-bond acceptors (Lipinski definition) is 3. The first kappa shape index (κ1) is 12.3. The maximum absolute atomic E-state index is 13.3. The second-order valence-electron chi connectivity index (χ2n) is 4.69. The molecule has 0 aliphatic carbocycles. The Morgan fingerprint density at radius 3 is 2.82 bits per heavy atom. The molecule has 3 nitrogen and oxygen atoms in total. The number of aliphatic hydroxyl groups excluding tert-OH is 1. The summed E-state index contributed by atoms with van der Waals surface area (Å²) in [6.07, 6.45) is 2.13. The average molecular weight is 238 g/mol. The third-order valence-corrected chi connectivity index (χ3v) is 3.46. The minimum atomic E-state index is -0.659. The van der Waals surface area contributed by atoms with E-state index in [2.05, 4.69) is 5.32 Å². The summed E-state index contributed by atoms with van der Waals surface area (Å²) < 4.78 is 13.3. The molecule has 1 fully saturated rings. The fourth-order valence-corrected chi connectivity index (χ4v) is 2.40. The van der Waals surface area contributed by atoms with Gasteiger partial charge < -0.3 is 16.2 Å². The van der Waals surface area contributed by atoms with Crippen LogP contribution in [-0.4, -0.2) is 18.2 Å². The Kier molecular flexibility index (Phi) is 3.97. The molecule has 0 saturated carbocycles. The Morgan fingerprint density at radius 2 is 2.12 bits per heavy atom. The molecule has 1 atom stereocenters. The molecule has 4 heteroatoms. The number of aliphatic hydroxyl groups is 1. The highest BCUT2D eigenvalue weighted by Crippen LogP contribution is 2.30. The molecular weight excluding hydrogens is 219 g/mol. The summed E-state index contributed by atoms with van der Waals surface area (Å²) in [6, 6.07) is 4.60. The van der Waals surface area contributed by atoms with Gasteiger partial charge in [-0.3, -0.25) is 0 Å². The summed E-state index contributed by atoms with van der Waals surface area (Å²) in [5.41, 5.74) is 6.24. The van der Waals surface area contributed by atoms with Crippen molar-refractivity contribution in [3.8, 4) is 0 Å². The molecule has 0 spiro atoms. The summed E-state index contributed by atoms with van der Waals surface area (Å²) in [4.78, 5) is 0. The number of para-hydroxylation sites is 1. The number of piperidine rings is 1. The molecule has 1 aromatic rings. The van der Waals surface area contributed by atoms with Crippen molar-refractivity contribution < 1.29 is 9.50 Å². The Hall–Kier alpha value is -1.13. The van der Waals surface area contributed by atoms with Gasteiger partial charge in [0.2, 0.25) is 0 Å². The maximum Gasteiger partial charge on any atom is 0.146 e. The highest BCUT2D eigenvalue weighted by atomic mass is 19.1.